The Hall–Kier alpha value is -4.54. The molecule has 5 aromatic rings. The molecule has 0 radical (unpaired) electrons. The Morgan fingerprint density at radius 2 is 1.74 bits per heavy atom. The SMILES string of the molecule is COc1cc(C=Nc2ccc([C@@H]3Nc4ccccc4[C@@H]4C=CC[C@@H]43)cc2)cc(Cl)c1OCc1cccc2ccccc12. The van der Waals surface area contributed by atoms with Gasteiger partial charge in [-0.15, -0.1) is 0 Å². The molecular formula is C37H31ClN2O2. The Balaban J connectivity index is 1.07. The first kappa shape index (κ1) is 26.4. The molecule has 1 aliphatic heterocycles. The van der Waals surface area contributed by atoms with Crippen LogP contribution in [0.15, 0.2) is 120 Å². The minimum absolute atomic E-state index is 0.266. The number of fused-ring (bicyclic) bond motifs is 4. The van der Waals surface area contributed by atoms with E-state index in [0.717, 1.165) is 28.6 Å². The third-order valence-corrected chi connectivity index (χ3v) is 8.67. The summed E-state index contributed by atoms with van der Waals surface area (Å²) in [6.07, 6.45) is 7.59. The van der Waals surface area contributed by atoms with Crippen molar-refractivity contribution in [1.82, 2.24) is 0 Å². The number of aliphatic imine (C=N–C) groups is 1. The summed E-state index contributed by atoms with van der Waals surface area (Å²) in [5.74, 6) is 2.08. The predicted octanol–water partition coefficient (Wildman–Crippen LogP) is 9.66. The van der Waals surface area contributed by atoms with E-state index in [4.69, 9.17) is 26.1 Å². The summed E-state index contributed by atoms with van der Waals surface area (Å²) in [4.78, 5) is 4.73. The van der Waals surface area contributed by atoms with Gasteiger partial charge in [-0.3, -0.25) is 4.99 Å². The molecule has 0 unspecified atom stereocenters. The molecule has 3 atom stereocenters. The van der Waals surface area contributed by atoms with Gasteiger partial charge in [0.15, 0.2) is 11.5 Å². The molecule has 1 N–H and O–H groups in total. The Labute approximate surface area is 251 Å². The number of para-hydroxylation sites is 1. The van der Waals surface area contributed by atoms with E-state index in [0.29, 0.717) is 35.0 Å². The minimum atomic E-state index is 0.266. The maximum Gasteiger partial charge on any atom is 0.180 e. The lowest BCUT2D eigenvalue weighted by molar-refractivity contribution is 0.286. The van der Waals surface area contributed by atoms with Crippen LogP contribution in [0.1, 0.15) is 40.6 Å². The fraction of sp³-hybridized carbons (Fsp3) is 0.162. The predicted molar refractivity (Wildman–Crippen MR) is 173 cm³/mol. The number of hydrogen-bond acceptors (Lipinski definition) is 4. The topological polar surface area (TPSA) is 42.8 Å². The lowest BCUT2D eigenvalue weighted by atomic mass is 9.77. The molecule has 0 saturated carbocycles. The van der Waals surface area contributed by atoms with Gasteiger partial charge in [0, 0.05) is 17.8 Å². The lowest BCUT2D eigenvalue weighted by Gasteiger charge is -2.37. The maximum atomic E-state index is 6.69. The van der Waals surface area contributed by atoms with Crippen LogP contribution in [-0.4, -0.2) is 13.3 Å². The van der Waals surface area contributed by atoms with Crippen molar-refractivity contribution in [3.8, 4) is 11.5 Å². The van der Waals surface area contributed by atoms with Gasteiger partial charge in [0.05, 0.1) is 23.9 Å². The van der Waals surface area contributed by atoms with Gasteiger partial charge < -0.3 is 14.8 Å². The summed E-state index contributed by atoms with van der Waals surface area (Å²) >= 11 is 6.69. The number of allylic oxidation sites excluding steroid dienone is 2. The van der Waals surface area contributed by atoms with E-state index < -0.39 is 0 Å². The van der Waals surface area contributed by atoms with Crippen molar-refractivity contribution in [3.63, 3.8) is 0 Å². The van der Waals surface area contributed by atoms with Crippen molar-refractivity contribution in [1.29, 1.82) is 0 Å². The summed E-state index contributed by atoms with van der Waals surface area (Å²) in [5.41, 5.74) is 6.71. The highest BCUT2D eigenvalue weighted by Crippen LogP contribution is 2.49. The first-order valence-electron chi connectivity index (χ1n) is 14.3. The number of anilines is 1. The van der Waals surface area contributed by atoms with Crippen LogP contribution >= 0.6 is 11.6 Å². The van der Waals surface area contributed by atoms with E-state index in [1.807, 2.05) is 36.5 Å². The van der Waals surface area contributed by atoms with Gasteiger partial charge in [-0.25, -0.2) is 0 Å². The van der Waals surface area contributed by atoms with Crippen LogP contribution < -0.4 is 14.8 Å². The third kappa shape index (κ3) is 5.03. The van der Waals surface area contributed by atoms with Crippen molar-refractivity contribution in [2.24, 2.45) is 10.9 Å². The monoisotopic (exact) mass is 570 g/mol. The van der Waals surface area contributed by atoms with Crippen molar-refractivity contribution >= 4 is 40.0 Å². The summed E-state index contributed by atoms with van der Waals surface area (Å²) in [7, 11) is 1.62. The number of methoxy groups -OCH3 is 1. The van der Waals surface area contributed by atoms with E-state index in [1.165, 1.54) is 22.2 Å². The molecule has 2 aliphatic rings. The molecule has 5 heteroatoms. The van der Waals surface area contributed by atoms with Gasteiger partial charge in [0.1, 0.15) is 6.61 Å². The number of benzene rings is 5. The first-order chi connectivity index (χ1) is 20.7. The highest BCUT2D eigenvalue weighted by atomic mass is 35.5. The minimum Gasteiger partial charge on any atom is -0.493 e. The third-order valence-electron chi connectivity index (χ3n) is 8.39. The lowest BCUT2D eigenvalue weighted by Crippen LogP contribution is -2.28. The summed E-state index contributed by atoms with van der Waals surface area (Å²) < 4.78 is 11.8. The molecule has 0 spiro atoms. The fourth-order valence-corrected chi connectivity index (χ4v) is 6.59. The standard InChI is InChI=1S/C37H31ClN2O2/c1-41-35-21-24(20-33(38)37(35)42-23-27-10-6-9-25-8-2-3-11-29(25)27)22-39-28-18-16-26(17-19-28)36-32-14-7-13-30(32)31-12-4-5-15-34(31)40-36/h2-13,15-22,30,32,36,40H,14,23H2,1H3/t30-,32-,36-/m0/s1. The van der Waals surface area contributed by atoms with Crippen molar-refractivity contribution in [3.05, 3.63) is 143 Å². The van der Waals surface area contributed by atoms with Crippen LogP contribution in [-0.2, 0) is 6.61 Å². The number of rotatable bonds is 7. The largest absolute Gasteiger partial charge is 0.493 e. The van der Waals surface area contributed by atoms with E-state index in [9.17, 15) is 0 Å². The van der Waals surface area contributed by atoms with Crippen molar-refractivity contribution < 1.29 is 9.47 Å². The van der Waals surface area contributed by atoms with Crippen LogP contribution in [0.5, 0.6) is 11.5 Å². The smallest absolute Gasteiger partial charge is 0.180 e. The molecular weight excluding hydrogens is 540 g/mol. The highest BCUT2D eigenvalue weighted by molar-refractivity contribution is 6.32. The Morgan fingerprint density at radius 1 is 0.929 bits per heavy atom. The summed E-state index contributed by atoms with van der Waals surface area (Å²) in [6.45, 7) is 0.385. The molecule has 1 aliphatic carbocycles. The molecule has 208 valence electrons. The Bertz CT molecular complexity index is 1810. The average Bonchev–Trinajstić information content (AvgIpc) is 3.53. The molecule has 0 saturated heterocycles. The quantitative estimate of drug-likeness (QED) is 0.156. The number of ether oxygens (including phenoxy) is 2. The summed E-state index contributed by atoms with van der Waals surface area (Å²) in [5, 5.41) is 6.62. The number of nitrogens with one attached hydrogen (secondary N) is 1. The zero-order valence-electron chi connectivity index (χ0n) is 23.3. The Kier molecular flexibility index (Phi) is 7.15. The number of nitrogens with zero attached hydrogens (tertiary/aromatic N) is 1. The molecule has 0 aromatic heterocycles. The van der Waals surface area contributed by atoms with Gasteiger partial charge >= 0.3 is 0 Å². The van der Waals surface area contributed by atoms with E-state index in [1.54, 1.807) is 7.11 Å². The second kappa shape index (κ2) is 11.4. The molecule has 1 heterocycles. The second-order valence-electron chi connectivity index (χ2n) is 10.9. The van der Waals surface area contributed by atoms with Crippen LogP contribution in [0.2, 0.25) is 5.02 Å². The molecule has 7 rings (SSSR count). The molecule has 4 nitrogen and oxygen atoms in total. The maximum absolute atomic E-state index is 6.69. The van der Waals surface area contributed by atoms with Crippen molar-refractivity contribution in [2.75, 3.05) is 12.4 Å². The second-order valence-corrected chi connectivity index (χ2v) is 11.3. The normalized spacial score (nSPS) is 19.0. The molecule has 42 heavy (non-hydrogen) atoms. The Morgan fingerprint density at radius 3 is 2.62 bits per heavy atom. The van der Waals surface area contributed by atoms with Gasteiger partial charge in [-0.1, -0.05) is 96.5 Å². The van der Waals surface area contributed by atoms with Gasteiger partial charge in [-0.2, -0.15) is 0 Å². The van der Waals surface area contributed by atoms with Crippen LogP contribution in [0.25, 0.3) is 10.8 Å². The van der Waals surface area contributed by atoms with E-state index >= 15 is 0 Å². The number of halogens is 1. The zero-order valence-corrected chi connectivity index (χ0v) is 24.1. The van der Waals surface area contributed by atoms with Crippen LogP contribution in [0, 0.1) is 5.92 Å². The molecule has 0 fully saturated rings. The molecule has 0 bridgehead atoms. The van der Waals surface area contributed by atoms with Gasteiger partial charge in [0.2, 0.25) is 0 Å². The highest BCUT2D eigenvalue weighted by Gasteiger charge is 2.37. The zero-order chi connectivity index (χ0) is 28.5. The number of hydrogen-bond donors (Lipinski definition) is 1. The van der Waals surface area contributed by atoms with Gasteiger partial charge in [-0.05, 0) is 75.7 Å². The average molecular weight is 571 g/mol. The first-order valence-corrected chi connectivity index (χ1v) is 14.7. The summed E-state index contributed by atoms with van der Waals surface area (Å²) in [6, 6.07) is 35.7. The molecule has 0 amide bonds. The van der Waals surface area contributed by atoms with E-state index in [-0.39, 0.29) is 6.04 Å². The van der Waals surface area contributed by atoms with Crippen LogP contribution in [0.3, 0.4) is 0 Å². The van der Waals surface area contributed by atoms with Gasteiger partial charge in [0.25, 0.3) is 0 Å². The van der Waals surface area contributed by atoms with E-state index in [2.05, 4.69) is 90.3 Å². The fourth-order valence-electron chi connectivity index (χ4n) is 6.31. The molecule has 5 aromatic carbocycles. The van der Waals surface area contributed by atoms with Crippen LogP contribution in [0.4, 0.5) is 11.4 Å². The van der Waals surface area contributed by atoms with Crippen molar-refractivity contribution in [2.45, 2.75) is 25.0 Å².